The van der Waals surface area contributed by atoms with Gasteiger partial charge in [0.05, 0.1) is 12.7 Å². The minimum atomic E-state index is -0.457. The first-order chi connectivity index (χ1) is 9.11. The van der Waals surface area contributed by atoms with Crippen LogP contribution >= 0.6 is 11.6 Å². The van der Waals surface area contributed by atoms with Gasteiger partial charge in [-0.05, 0) is 35.7 Å². The third-order valence-corrected chi connectivity index (χ3v) is 3.06. The van der Waals surface area contributed by atoms with E-state index in [1.807, 2.05) is 0 Å². The number of aromatic nitrogens is 1. The number of carbonyl (C=O) groups is 1. The number of carbonyl (C=O) groups excluding carboxylic acids is 1. The first-order valence-electron chi connectivity index (χ1n) is 5.57. The molecule has 19 heavy (non-hydrogen) atoms. The van der Waals surface area contributed by atoms with E-state index in [0.29, 0.717) is 17.0 Å². The molecule has 0 aliphatic heterocycles. The van der Waals surface area contributed by atoms with Gasteiger partial charge in [-0.15, -0.1) is 0 Å². The molecule has 1 aromatic heterocycles. The Morgan fingerprint density at radius 1 is 1.37 bits per heavy atom. The molecule has 0 N–H and O–H groups in total. The van der Waals surface area contributed by atoms with Gasteiger partial charge >= 0.3 is 5.97 Å². The summed E-state index contributed by atoms with van der Waals surface area (Å²) < 4.78 is 17.7. The van der Waals surface area contributed by atoms with Crippen molar-refractivity contribution < 1.29 is 13.9 Å². The Labute approximate surface area is 115 Å². The van der Waals surface area contributed by atoms with E-state index in [1.54, 1.807) is 18.3 Å². The highest BCUT2D eigenvalue weighted by Crippen LogP contribution is 2.22. The first-order valence-corrected chi connectivity index (χ1v) is 5.94. The Balaban J connectivity index is 2.35. The summed E-state index contributed by atoms with van der Waals surface area (Å²) in [4.78, 5) is 15.5. The van der Waals surface area contributed by atoms with E-state index in [4.69, 9.17) is 16.3 Å². The summed E-state index contributed by atoms with van der Waals surface area (Å²) in [7, 11) is 1.31. The molecule has 5 heteroatoms. The number of methoxy groups -OCH3 is 1. The zero-order chi connectivity index (χ0) is 13.8. The smallest absolute Gasteiger partial charge is 0.339 e. The van der Waals surface area contributed by atoms with Crippen molar-refractivity contribution in [2.45, 2.75) is 6.42 Å². The summed E-state index contributed by atoms with van der Waals surface area (Å²) in [6.07, 6.45) is 3.43. The zero-order valence-electron chi connectivity index (χ0n) is 10.2. The van der Waals surface area contributed by atoms with Crippen LogP contribution < -0.4 is 0 Å². The molecular formula is C14H11ClFNO2. The van der Waals surface area contributed by atoms with Gasteiger partial charge in [-0.3, -0.25) is 4.98 Å². The van der Waals surface area contributed by atoms with Gasteiger partial charge in [-0.1, -0.05) is 17.7 Å². The minimum absolute atomic E-state index is 0.327. The number of benzene rings is 1. The average molecular weight is 280 g/mol. The third-order valence-electron chi connectivity index (χ3n) is 2.71. The van der Waals surface area contributed by atoms with Gasteiger partial charge in [0, 0.05) is 17.4 Å². The van der Waals surface area contributed by atoms with Gasteiger partial charge < -0.3 is 4.74 Å². The number of esters is 1. The molecule has 0 saturated heterocycles. The van der Waals surface area contributed by atoms with Gasteiger partial charge in [-0.2, -0.15) is 0 Å². The van der Waals surface area contributed by atoms with Crippen LogP contribution in [0.15, 0.2) is 36.7 Å². The van der Waals surface area contributed by atoms with Gasteiger partial charge in [0.15, 0.2) is 0 Å². The average Bonchev–Trinajstić information content (AvgIpc) is 2.41. The maximum atomic E-state index is 13.0. The molecule has 0 aliphatic rings. The Kier molecular flexibility index (Phi) is 4.12. The predicted octanol–water partition coefficient (Wildman–Crippen LogP) is 3.25. The first kappa shape index (κ1) is 13.5. The normalized spacial score (nSPS) is 10.3. The fourth-order valence-corrected chi connectivity index (χ4v) is 1.98. The Hall–Kier alpha value is -1.94. The van der Waals surface area contributed by atoms with E-state index in [1.165, 1.54) is 25.4 Å². The predicted molar refractivity (Wildman–Crippen MR) is 69.8 cm³/mol. The van der Waals surface area contributed by atoms with E-state index in [-0.39, 0.29) is 0 Å². The maximum Gasteiger partial charge on any atom is 0.339 e. The summed E-state index contributed by atoms with van der Waals surface area (Å²) in [6, 6.07) is 5.89. The maximum absolute atomic E-state index is 13.0. The standard InChI is InChI=1S/C14H11ClFNO2/c1-19-14(18)12-8-17-5-4-9(12)6-10-2-3-11(16)7-13(10)15/h2-5,7-8H,6H2,1H3. The molecule has 0 atom stereocenters. The second kappa shape index (κ2) is 5.80. The van der Waals surface area contributed by atoms with E-state index < -0.39 is 11.8 Å². The van der Waals surface area contributed by atoms with Crippen LogP contribution in [0, 0.1) is 5.82 Å². The number of nitrogens with zero attached hydrogens (tertiary/aromatic N) is 1. The van der Waals surface area contributed by atoms with E-state index in [2.05, 4.69) is 4.98 Å². The number of hydrogen-bond donors (Lipinski definition) is 0. The number of halogens is 2. The number of ether oxygens (including phenoxy) is 1. The molecule has 98 valence electrons. The fourth-order valence-electron chi connectivity index (χ4n) is 1.74. The van der Waals surface area contributed by atoms with E-state index >= 15 is 0 Å². The molecular weight excluding hydrogens is 269 g/mol. The van der Waals surface area contributed by atoms with Crippen molar-refractivity contribution in [2.24, 2.45) is 0 Å². The van der Waals surface area contributed by atoms with Gasteiger partial charge in [-0.25, -0.2) is 9.18 Å². The molecule has 3 nitrogen and oxygen atoms in total. The van der Waals surface area contributed by atoms with Crippen LogP contribution in [0.5, 0.6) is 0 Å². The Morgan fingerprint density at radius 3 is 2.84 bits per heavy atom. The Morgan fingerprint density at radius 2 is 2.16 bits per heavy atom. The molecule has 0 radical (unpaired) electrons. The molecule has 0 unspecified atom stereocenters. The van der Waals surface area contributed by atoms with Crippen molar-refractivity contribution in [3.8, 4) is 0 Å². The lowest BCUT2D eigenvalue weighted by Gasteiger charge is -2.08. The zero-order valence-corrected chi connectivity index (χ0v) is 10.9. The largest absolute Gasteiger partial charge is 0.465 e. The van der Waals surface area contributed by atoms with Gasteiger partial charge in [0.2, 0.25) is 0 Å². The molecule has 2 aromatic rings. The SMILES string of the molecule is COC(=O)c1cnccc1Cc1ccc(F)cc1Cl. The van der Waals surface area contributed by atoms with Crippen LogP contribution in [0.2, 0.25) is 5.02 Å². The van der Waals surface area contributed by atoms with Crippen LogP contribution in [0.3, 0.4) is 0 Å². The monoisotopic (exact) mass is 279 g/mol. The van der Waals surface area contributed by atoms with Crippen molar-refractivity contribution in [3.05, 3.63) is 64.2 Å². The topological polar surface area (TPSA) is 39.2 Å². The summed E-state index contributed by atoms with van der Waals surface area (Å²) in [5.41, 5.74) is 1.85. The lowest BCUT2D eigenvalue weighted by atomic mass is 10.0. The van der Waals surface area contributed by atoms with Crippen LogP contribution in [0.4, 0.5) is 4.39 Å². The highest BCUT2D eigenvalue weighted by atomic mass is 35.5. The lowest BCUT2D eigenvalue weighted by molar-refractivity contribution is 0.0599. The minimum Gasteiger partial charge on any atom is -0.465 e. The third kappa shape index (κ3) is 3.09. The fraction of sp³-hybridized carbons (Fsp3) is 0.143. The number of rotatable bonds is 3. The Bertz CT molecular complexity index is 616. The molecule has 1 heterocycles. The molecule has 0 bridgehead atoms. The molecule has 0 aliphatic carbocycles. The van der Waals surface area contributed by atoms with Crippen LogP contribution in [0.25, 0.3) is 0 Å². The quantitative estimate of drug-likeness (QED) is 0.810. The molecule has 2 rings (SSSR count). The molecule has 0 fully saturated rings. The molecule has 0 saturated carbocycles. The summed E-state index contributed by atoms with van der Waals surface area (Å²) >= 11 is 5.97. The summed E-state index contributed by atoms with van der Waals surface area (Å²) in [5.74, 6) is -0.849. The lowest BCUT2D eigenvalue weighted by Crippen LogP contribution is -2.07. The van der Waals surface area contributed by atoms with E-state index in [9.17, 15) is 9.18 Å². The van der Waals surface area contributed by atoms with E-state index in [0.717, 1.165) is 11.1 Å². The molecule has 1 aromatic carbocycles. The van der Waals surface area contributed by atoms with Crippen LogP contribution in [-0.2, 0) is 11.2 Å². The van der Waals surface area contributed by atoms with Crippen molar-refractivity contribution >= 4 is 17.6 Å². The van der Waals surface area contributed by atoms with Crippen molar-refractivity contribution in [1.29, 1.82) is 0 Å². The number of hydrogen-bond acceptors (Lipinski definition) is 3. The van der Waals surface area contributed by atoms with Crippen molar-refractivity contribution in [3.63, 3.8) is 0 Å². The van der Waals surface area contributed by atoms with Crippen molar-refractivity contribution in [2.75, 3.05) is 7.11 Å². The highest BCUT2D eigenvalue weighted by molar-refractivity contribution is 6.31. The van der Waals surface area contributed by atoms with Crippen molar-refractivity contribution in [1.82, 2.24) is 4.98 Å². The summed E-state index contributed by atoms with van der Waals surface area (Å²) in [5, 5.41) is 0.327. The highest BCUT2D eigenvalue weighted by Gasteiger charge is 2.13. The summed E-state index contributed by atoms with van der Waals surface area (Å²) in [6.45, 7) is 0. The molecule has 0 amide bonds. The van der Waals surface area contributed by atoms with Crippen LogP contribution in [0.1, 0.15) is 21.5 Å². The van der Waals surface area contributed by atoms with Gasteiger partial charge in [0.25, 0.3) is 0 Å². The van der Waals surface area contributed by atoms with Crippen LogP contribution in [-0.4, -0.2) is 18.1 Å². The molecule has 0 spiro atoms. The number of pyridine rings is 1. The second-order valence-electron chi connectivity index (χ2n) is 3.94. The van der Waals surface area contributed by atoms with Gasteiger partial charge in [0.1, 0.15) is 5.82 Å². The second-order valence-corrected chi connectivity index (χ2v) is 4.34.